The third-order valence-corrected chi connectivity index (χ3v) is 6.85. The summed E-state index contributed by atoms with van der Waals surface area (Å²) < 4.78 is 24.2. The summed E-state index contributed by atoms with van der Waals surface area (Å²) >= 11 is 0. The highest BCUT2D eigenvalue weighted by atomic mass is 32.2. The monoisotopic (exact) mass is 425 g/mol. The predicted octanol–water partition coefficient (Wildman–Crippen LogP) is 3.67. The number of aliphatic carboxylic acids is 1. The molecule has 2 aromatic rings. The second-order valence-corrected chi connectivity index (χ2v) is 9.72. The molecule has 0 fully saturated rings. The average Bonchev–Trinajstić information content (AvgIpc) is 2.98. The van der Waals surface area contributed by atoms with Gasteiger partial charge < -0.3 is 9.90 Å². The molecule has 5 nitrogen and oxygen atoms in total. The van der Waals surface area contributed by atoms with Crippen LogP contribution in [0, 0.1) is 0 Å². The van der Waals surface area contributed by atoms with Crippen molar-refractivity contribution in [2.75, 3.05) is 12.8 Å². The molecule has 0 aliphatic carbocycles. The van der Waals surface area contributed by atoms with Crippen LogP contribution in [0.4, 0.5) is 5.69 Å². The number of sulfone groups is 1. The number of carboxylic acids is 1. The van der Waals surface area contributed by atoms with Gasteiger partial charge in [-0.15, -0.1) is 0 Å². The number of quaternary nitrogens is 1. The van der Waals surface area contributed by atoms with E-state index in [1.54, 1.807) is 24.3 Å². The summed E-state index contributed by atoms with van der Waals surface area (Å²) in [7, 11) is -3.30. The van der Waals surface area contributed by atoms with Crippen LogP contribution >= 0.6 is 0 Å². The Bertz CT molecular complexity index is 1100. The van der Waals surface area contributed by atoms with Crippen molar-refractivity contribution in [3.8, 4) is 0 Å². The van der Waals surface area contributed by atoms with Gasteiger partial charge in [0.15, 0.2) is 15.5 Å². The molecular formula is C24H27NO4S. The molecule has 0 saturated carbocycles. The number of para-hydroxylation sites is 1. The van der Waals surface area contributed by atoms with Crippen LogP contribution in [-0.4, -0.2) is 27.2 Å². The zero-order chi connectivity index (χ0) is 21.9. The van der Waals surface area contributed by atoms with Gasteiger partial charge in [-0.3, -0.25) is 0 Å². The second kappa shape index (κ2) is 8.58. The molecule has 0 spiro atoms. The smallest absolute Gasteiger partial charge is 0.175 e. The van der Waals surface area contributed by atoms with E-state index >= 15 is 0 Å². The maximum absolute atomic E-state index is 11.9. The number of unbranched alkanes of at least 4 members (excludes halogenated alkanes) is 1. The summed E-state index contributed by atoms with van der Waals surface area (Å²) in [6, 6.07) is 16.9. The maximum Gasteiger partial charge on any atom is 0.175 e. The molecule has 0 saturated heterocycles. The van der Waals surface area contributed by atoms with E-state index in [0.717, 1.165) is 47.6 Å². The normalized spacial score (nSPS) is 19.1. The summed E-state index contributed by atoms with van der Waals surface area (Å²) in [6.07, 6.45) is 4.91. The van der Waals surface area contributed by atoms with Crippen LogP contribution in [0.3, 0.4) is 0 Å². The lowest BCUT2D eigenvalue weighted by Crippen LogP contribution is -2.45. The van der Waals surface area contributed by atoms with E-state index < -0.39 is 15.8 Å². The lowest BCUT2D eigenvalue weighted by atomic mass is 10.1. The molecule has 3 rings (SSSR count). The number of carbonyl (C=O) groups excluding carboxylic acids is 1. The molecule has 6 heteroatoms. The number of benzene rings is 2. The molecule has 0 bridgehead atoms. The van der Waals surface area contributed by atoms with Crippen LogP contribution in [0.5, 0.6) is 0 Å². The third-order valence-electron chi connectivity index (χ3n) is 5.72. The minimum Gasteiger partial charge on any atom is -0.550 e. The van der Waals surface area contributed by atoms with Crippen molar-refractivity contribution in [1.29, 1.82) is 0 Å². The van der Waals surface area contributed by atoms with Crippen LogP contribution in [0.1, 0.15) is 38.7 Å². The Morgan fingerprint density at radius 1 is 1.03 bits per heavy atom. The molecule has 0 radical (unpaired) electrons. The lowest BCUT2D eigenvalue weighted by molar-refractivity contribution is -0.304. The summed E-state index contributed by atoms with van der Waals surface area (Å²) in [4.78, 5) is 11.7. The predicted molar refractivity (Wildman–Crippen MR) is 118 cm³/mol. The topological polar surface area (TPSA) is 74.3 Å². The van der Waals surface area contributed by atoms with Crippen molar-refractivity contribution in [3.05, 3.63) is 77.5 Å². The fourth-order valence-electron chi connectivity index (χ4n) is 4.14. The van der Waals surface area contributed by atoms with Gasteiger partial charge in [-0.05, 0) is 42.8 Å². The van der Waals surface area contributed by atoms with Gasteiger partial charge in [-0.1, -0.05) is 31.5 Å². The van der Waals surface area contributed by atoms with Gasteiger partial charge in [-0.25, -0.2) is 12.9 Å². The summed E-state index contributed by atoms with van der Waals surface area (Å²) in [6.45, 7) is 4.89. The SMILES string of the molecule is CCCC[N+]1(c2ccccc2)C(c2ccc(S(C)(=O)=O)cc2)=CC(CC(=O)[O-])=C1C. The lowest BCUT2D eigenvalue weighted by Gasteiger charge is -2.37. The summed E-state index contributed by atoms with van der Waals surface area (Å²) in [5.74, 6) is -1.11. The third kappa shape index (κ3) is 4.11. The van der Waals surface area contributed by atoms with Crippen molar-refractivity contribution in [3.63, 3.8) is 0 Å². The molecule has 0 N–H and O–H groups in total. The second-order valence-electron chi connectivity index (χ2n) is 7.71. The molecule has 0 amide bonds. The molecule has 0 aromatic heterocycles. The number of hydrogen-bond acceptors (Lipinski definition) is 4. The first kappa shape index (κ1) is 22.0. The molecule has 1 aliphatic rings. The molecule has 1 heterocycles. The molecule has 2 aromatic carbocycles. The summed E-state index contributed by atoms with van der Waals surface area (Å²) in [5.41, 5.74) is 4.56. The average molecular weight is 426 g/mol. The largest absolute Gasteiger partial charge is 0.550 e. The van der Waals surface area contributed by atoms with Gasteiger partial charge in [0.05, 0.1) is 11.4 Å². The quantitative estimate of drug-likeness (QED) is 0.605. The Morgan fingerprint density at radius 2 is 1.67 bits per heavy atom. The van der Waals surface area contributed by atoms with Crippen LogP contribution in [0.2, 0.25) is 0 Å². The number of nitrogens with zero attached hydrogens (tertiary/aromatic N) is 1. The molecule has 1 aliphatic heterocycles. The number of carbonyl (C=O) groups is 1. The van der Waals surface area contributed by atoms with Crippen molar-refractivity contribution in [2.45, 2.75) is 38.0 Å². The molecule has 30 heavy (non-hydrogen) atoms. The van der Waals surface area contributed by atoms with E-state index in [1.807, 2.05) is 31.2 Å². The van der Waals surface area contributed by atoms with Crippen LogP contribution < -0.4 is 9.59 Å². The fourth-order valence-corrected chi connectivity index (χ4v) is 4.77. The van der Waals surface area contributed by atoms with Crippen molar-refractivity contribution in [2.24, 2.45) is 0 Å². The van der Waals surface area contributed by atoms with Crippen LogP contribution in [0.25, 0.3) is 5.70 Å². The fraction of sp³-hybridized carbons (Fsp3) is 0.292. The van der Waals surface area contributed by atoms with E-state index in [4.69, 9.17) is 0 Å². The highest BCUT2D eigenvalue weighted by Gasteiger charge is 2.43. The maximum atomic E-state index is 11.9. The Morgan fingerprint density at radius 3 is 2.20 bits per heavy atom. The highest BCUT2D eigenvalue weighted by Crippen LogP contribution is 2.46. The van der Waals surface area contributed by atoms with E-state index in [1.165, 1.54) is 6.26 Å². The Hall–Kier alpha value is -2.70. The first-order valence-corrected chi connectivity index (χ1v) is 12.0. The zero-order valence-corrected chi connectivity index (χ0v) is 18.4. The van der Waals surface area contributed by atoms with Gasteiger partial charge in [0, 0.05) is 42.8 Å². The number of hydrogen-bond donors (Lipinski definition) is 0. The van der Waals surface area contributed by atoms with Crippen molar-refractivity contribution < 1.29 is 18.3 Å². The first-order chi connectivity index (χ1) is 14.2. The number of allylic oxidation sites excluding steroid dienone is 2. The molecule has 1 unspecified atom stereocenters. The van der Waals surface area contributed by atoms with Gasteiger partial charge in [0.2, 0.25) is 0 Å². The zero-order valence-electron chi connectivity index (χ0n) is 17.6. The molecule has 1 atom stereocenters. The molecular weight excluding hydrogens is 398 g/mol. The van der Waals surface area contributed by atoms with Crippen molar-refractivity contribution in [1.82, 2.24) is 4.48 Å². The van der Waals surface area contributed by atoms with Gasteiger partial charge in [-0.2, -0.15) is 0 Å². The van der Waals surface area contributed by atoms with E-state index in [0.29, 0.717) is 4.48 Å². The Labute approximate surface area is 178 Å². The van der Waals surface area contributed by atoms with Crippen LogP contribution in [0.15, 0.2) is 76.8 Å². The highest BCUT2D eigenvalue weighted by molar-refractivity contribution is 7.90. The molecule has 158 valence electrons. The van der Waals surface area contributed by atoms with Gasteiger partial charge in [0.25, 0.3) is 0 Å². The van der Waals surface area contributed by atoms with Gasteiger partial charge >= 0.3 is 0 Å². The van der Waals surface area contributed by atoms with Gasteiger partial charge in [0.1, 0.15) is 11.4 Å². The number of carboxylic acid groups (broad SMARTS) is 1. The minimum atomic E-state index is -3.30. The van der Waals surface area contributed by atoms with E-state index in [2.05, 4.69) is 19.1 Å². The number of rotatable bonds is 8. The van der Waals surface area contributed by atoms with E-state index in [9.17, 15) is 18.3 Å². The first-order valence-electron chi connectivity index (χ1n) is 10.1. The van der Waals surface area contributed by atoms with E-state index in [-0.39, 0.29) is 11.3 Å². The summed E-state index contributed by atoms with van der Waals surface area (Å²) in [5, 5.41) is 11.4. The standard InChI is InChI=1S/C24H27NO4S/c1-4-5-15-25(21-9-7-6-8-10-21)18(2)20(17-24(26)27)16-23(25)19-11-13-22(14-12-19)30(3,28)29/h6-14,16H,4-5,15,17H2,1-3H3. The Kier molecular flexibility index (Phi) is 6.29. The minimum absolute atomic E-state index is 0.157. The van der Waals surface area contributed by atoms with Crippen LogP contribution in [-0.2, 0) is 14.6 Å². The Balaban J connectivity index is 2.22. The van der Waals surface area contributed by atoms with Crippen molar-refractivity contribution >= 4 is 27.2 Å².